The standard InChI is InChI=1S/C21H37N5OS/c1-22-20(24-16-21(25(2)3)9-12-27-13-10-21)23-15-17-7-5-11-26(4)19(17)18-8-6-14-28-18/h6,8,14,17,19H,5,7,9-13,15-16H2,1-4H3,(H2,22,23,24). The largest absolute Gasteiger partial charge is 0.381 e. The molecule has 0 radical (unpaired) electrons. The monoisotopic (exact) mass is 407 g/mol. The van der Waals surface area contributed by atoms with Gasteiger partial charge in [0.1, 0.15) is 0 Å². The van der Waals surface area contributed by atoms with Crippen molar-refractivity contribution in [2.75, 3.05) is 61.0 Å². The molecule has 2 saturated heterocycles. The molecule has 2 aliphatic rings. The number of hydrogen-bond donors (Lipinski definition) is 2. The summed E-state index contributed by atoms with van der Waals surface area (Å²) in [4.78, 5) is 10.8. The molecule has 0 saturated carbocycles. The fourth-order valence-corrected chi connectivity index (χ4v) is 5.60. The summed E-state index contributed by atoms with van der Waals surface area (Å²) in [7, 11) is 8.47. The van der Waals surface area contributed by atoms with Crippen LogP contribution in [-0.2, 0) is 4.74 Å². The van der Waals surface area contributed by atoms with Gasteiger partial charge in [0.2, 0.25) is 0 Å². The van der Waals surface area contributed by atoms with Crippen LogP contribution in [0.1, 0.15) is 36.6 Å². The minimum Gasteiger partial charge on any atom is -0.381 e. The first-order chi connectivity index (χ1) is 13.6. The SMILES string of the molecule is CN=C(NCC1CCCN(C)C1c1cccs1)NCC1(N(C)C)CCOCC1. The van der Waals surface area contributed by atoms with Gasteiger partial charge in [0.15, 0.2) is 5.96 Å². The summed E-state index contributed by atoms with van der Waals surface area (Å²) in [6.45, 7) is 4.69. The van der Waals surface area contributed by atoms with E-state index in [1.165, 1.54) is 24.3 Å². The molecule has 3 heterocycles. The number of thiophene rings is 1. The average Bonchev–Trinajstić information content (AvgIpc) is 3.23. The number of rotatable bonds is 6. The van der Waals surface area contributed by atoms with Crippen LogP contribution in [0, 0.1) is 5.92 Å². The maximum Gasteiger partial charge on any atom is 0.191 e. The second-order valence-electron chi connectivity index (χ2n) is 8.38. The van der Waals surface area contributed by atoms with Gasteiger partial charge in [0.05, 0.1) is 0 Å². The summed E-state index contributed by atoms with van der Waals surface area (Å²) >= 11 is 1.88. The van der Waals surface area contributed by atoms with Crippen LogP contribution in [0.4, 0.5) is 0 Å². The molecule has 0 bridgehead atoms. The lowest BCUT2D eigenvalue weighted by Gasteiger charge is -2.43. The molecular weight excluding hydrogens is 370 g/mol. The van der Waals surface area contributed by atoms with E-state index in [0.29, 0.717) is 12.0 Å². The molecule has 1 aromatic heterocycles. The van der Waals surface area contributed by atoms with Crippen LogP contribution in [0.3, 0.4) is 0 Å². The summed E-state index contributed by atoms with van der Waals surface area (Å²) in [6, 6.07) is 4.95. The Morgan fingerprint density at radius 2 is 2.14 bits per heavy atom. The first-order valence-corrected chi connectivity index (χ1v) is 11.4. The van der Waals surface area contributed by atoms with Gasteiger partial charge in [0.25, 0.3) is 0 Å². The zero-order valence-corrected chi connectivity index (χ0v) is 18.7. The zero-order valence-electron chi connectivity index (χ0n) is 17.9. The van der Waals surface area contributed by atoms with Crippen LogP contribution in [0.15, 0.2) is 22.5 Å². The Bertz CT molecular complexity index is 612. The lowest BCUT2D eigenvalue weighted by Crippen LogP contribution is -2.57. The molecule has 2 aliphatic heterocycles. The predicted octanol–water partition coefficient (Wildman–Crippen LogP) is 2.41. The van der Waals surface area contributed by atoms with Crippen LogP contribution in [0.5, 0.6) is 0 Å². The van der Waals surface area contributed by atoms with Gasteiger partial charge in [-0.1, -0.05) is 6.07 Å². The number of hydrogen-bond acceptors (Lipinski definition) is 5. The second kappa shape index (κ2) is 10.1. The van der Waals surface area contributed by atoms with Gasteiger partial charge >= 0.3 is 0 Å². The molecule has 1 aromatic rings. The molecule has 28 heavy (non-hydrogen) atoms. The Hall–Kier alpha value is -1.15. The molecule has 3 rings (SSSR count). The van der Waals surface area contributed by atoms with Crippen LogP contribution >= 0.6 is 11.3 Å². The highest BCUT2D eigenvalue weighted by Crippen LogP contribution is 2.36. The molecule has 0 spiro atoms. The Balaban J connectivity index is 1.57. The third kappa shape index (κ3) is 5.06. The first kappa shape index (κ1) is 21.6. The summed E-state index contributed by atoms with van der Waals surface area (Å²) in [5.41, 5.74) is 0.139. The van der Waals surface area contributed by atoms with E-state index in [1.807, 2.05) is 18.4 Å². The van der Waals surface area contributed by atoms with Crippen molar-refractivity contribution in [3.05, 3.63) is 22.4 Å². The number of likely N-dealkylation sites (N-methyl/N-ethyl adjacent to an activating group) is 1. The quantitative estimate of drug-likeness (QED) is 0.560. The minimum absolute atomic E-state index is 0.139. The van der Waals surface area contributed by atoms with Gasteiger partial charge in [0, 0.05) is 49.8 Å². The number of nitrogens with zero attached hydrogens (tertiary/aromatic N) is 3. The highest BCUT2D eigenvalue weighted by atomic mass is 32.1. The maximum atomic E-state index is 5.59. The van der Waals surface area contributed by atoms with E-state index in [9.17, 15) is 0 Å². The van der Waals surface area contributed by atoms with Crippen molar-refractivity contribution in [1.82, 2.24) is 20.4 Å². The van der Waals surface area contributed by atoms with Gasteiger partial charge in [-0.25, -0.2) is 0 Å². The second-order valence-corrected chi connectivity index (χ2v) is 9.36. The molecular formula is C21H37N5OS. The van der Waals surface area contributed by atoms with E-state index in [-0.39, 0.29) is 5.54 Å². The van der Waals surface area contributed by atoms with Crippen LogP contribution < -0.4 is 10.6 Å². The molecule has 158 valence electrons. The van der Waals surface area contributed by atoms with Gasteiger partial charge in [-0.2, -0.15) is 0 Å². The highest BCUT2D eigenvalue weighted by molar-refractivity contribution is 7.10. The molecule has 2 fully saturated rings. The molecule has 0 aromatic carbocycles. The number of likely N-dealkylation sites (tertiary alicyclic amines) is 1. The number of piperidine rings is 1. The average molecular weight is 408 g/mol. The number of ether oxygens (including phenoxy) is 1. The van der Waals surface area contributed by atoms with E-state index < -0.39 is 0 Å². The van der Waals surface area contributed by atoms with Crippen LogP contribution in [0.25, 0.3) is 0 Å². The van der Waals surface area contributed by atoms with E-state index >= 15 is 0 Å². The third-order valence-electron chi connectivity index (χ3n) is 6.55. The summed E-state index contributed by atoms with van der Waals surface area (Å²) in [5.74, 6) is 1.51. The van der Waals surface area contributed by atoms with E-state index in [4.69, 9.17) is 4.74 Å². The smallest absolute Gasteiger partial charge is 0.191 e. The van der Waals surface area contributed by atoms with Gasteiger partial charge < -0.3 is 20.3 Å². The Labute approximate surface area is 174 Å². The van der Waals surface area contributed by atoms with Crippen molar-refractivity contribution in [1.29, 1.82) is 0 Å². The predicted molar refractivity (Wildman–Crippen MR) is 118 cm³/mol. The van der Waals surface area contributed by atoms with Crippen LogP contribution in [0.2, 0.25) is 0 Å². The molecule has 7 heteroatoms. The molecule has 0 amide bonds. The Morgan fingerprint density at radius 1 is 1.36 bits per heavy atom. The molecule has 6 nitrogen and oxygen atoms in total. The lowest BCUT2D eigenvalue weighted by atomic mass is 9.88. The number of aliphatic imine (C=N–C) groups is 1. The van der Waals surface area contributed by atoms with Crippen molar-refractivity contribution in [3.8, 4) is 0 Å². The van der Waals surface area contributed by atoms with Crippen LogP contribution in [-0.4, -0.2) is 82.3 Å². The molecule has 0 aliphatic carbocycles. The van der Waals surface area contributed by atoms with Crippen molar-refractivity contribution in [3.63, 3.8) is 0 Å². The molecule has 2 unspecified atom stereocenters. The highest BCUT2D eigenvalue weighted by Gasteiger charge is 2.35. The topological polar surface area (TPSA) is 52.1 Å². The summed E-state index contributed by atoms with van der Waals surface area (Å²) < 4.78 is 5.59. The van der Waals surface area contributed by atoms with Gasteiger partial charge in [-0.15, -0.1) is 11.3 Å². The molecule has 2 N–H and O–H groups in total. The van der Waals surface area contributed by atoms with E-state index in [2.05, 4.69) is 64.1 Å². The zero-order chi connectivity index (χ0) is 20.0. The lowest BCUT2D eigenvalue weighted by molar-refractivity contribution is -0.00502. The van der Waals surface area contributed by atoms with E-state index in [0.717, 1.165) is 45.1 Å². The third-order valence-corrected chi connectivity index (χ3v) is 7.50. The first-order valence-electron chi connectivity index (χ1n) is 10.5. The summed E-state index contributed by atoms with van der Waals surface area (Å²) in [6.07, 6.45) is 4.63. The van der Waals surface area contributed by atoms with Gasteiger partial charge in [-0.3, -0.25) is 9.89 Å². The number of guanidine groups is 1. The normalized spacial score (nSPS) is 26.4. The van der Waals surface area contributed by atoms with E-state index in [1.54, 1.807) is 0 Å². The van der Waals surface area contributed by atoms with Gasteiger partial charge in [-0.05, 0) is 70.7 Å². The minimum atomic E-state index is 0.139. The fraction of sp³-hybridized carbons (Fsp3) is 0.762. The Kier molecular flexibility index (Phi) is 7.74. The van der Waals surface area contributed by atoms with Crippen molar-refractivity contribution in [2.45, 2.75) is 37.3 Å². The maximum absolute atomic E-state index is 5.59. The van der Waals surface area contributed by atoms with Crippen molar-refractivity contribution in [2.24, 2.45) is 10.9 Å². The number of nitrogens with one attached hydrogen (secondary N) is 2. The Morgan fingerprint density at radius 3 is 2.79 bits per heavy atom. The molecule has 2 atom stereocenters. The van der Waals surface area contributed by atoms with Crippen molar-refractivity contribution < 1.29 is 4.74 Å². The summed E-state index contributed by atoms with van der Waals surface area (Å²) in [5, 5.41) is 9.40. The van der Waals surface area contributed by atoms with Crippen molar-refractivity contribution >= 4 is 17.3 Å². The fourth-order valence-electron chi connectivity index (χ4n) is 4.61.